The van der Waals surface area contributed by atoms with E-state index in [1.165, 1.54) is 0 Å². The number of nitrogens with one attached hydrogen (secondary N) is 4. The summed E-state index contributed by atoms with van der Waals surface area (Å²) in [4.78, 5) is 24.8. The number of carbonyl (C=O) groups is 1. The van der Waals surface area contributed by atoms with E-state index in [4.69, 9.17) is 19.2 Å². The van der Waals surface area contributed by atoms with Gasteiger partial charge in [-0.05, 0) is 61.3 Å². The van der Waals surface area contributed by atoms with Crippen LogP contribution < -0.4 is 35.9 Å². The summed E-state index contributed by atoms with van der Waals surface area (Å²) in [5.74, 6) is 4.31. The lowest BCUT2D eigenvalue weighted by Crippen LogP contribution is -2.66. The SMILES string of the molecule is COc1ccc2c(c1)[C@]1(C[C@H]1C1CCC3C(C1)NNC3Nc1nc(N3CC4(COC4)C3)ncc1OC)C(=O)N2. The molecule has 6 atom stereocenters. The van der Waals surface area contributed by atoms with Gasteiger partial charge in [0, 0.05) is 30.7 Å². The average Bonchev–Trinajstić information content (AvgIpc) is 3.45. The van der Waals surface area contributed by atoms with Crippen molar-refractivity contribution in [2.45, 2.75) is 43.3 Å². The van der Waals surface area contributed by atoms with Crippen molar-refractivity contribution in [1.82, 2.24) is 20.8 Å². The fourth-order valence-corrected chi connectivity index (χ4v) is 7.91. The molecule has 39 heavy (non-hydrogen) atoms. The minimum atomic E-state index is -0.392. The lowest BCUT2D eigenvalue weighted by molar-refractivity contribution is -0.127. The molecule has 4 N–H and O–H groups in total. The van der Waals surface area contributed by atoms with Gasteiger partial charge in [-0.3, -0.25) is 10.2 Å². The summed E-state index contributed by atoms with van der Waals surface area (Å²) in [6, 6.07) is 6.27. The molecule has 11 nitrogen and oxygen atoms in total. The van der Waals surface area contributed by atoms with Crippen molar-refractivity contribution >= 4 is 23.4 Å². The molecule has 2 aromatic rings. The maximum Gasteiger partial charge on any atom is 0.235 e. The van der Waals surface area contributed by atoms with Crippen molar-refractivity contribution in [3.05, 3.63) is 30.0 Å². The summed E-state index contributed by atoms with van der Waals surface area (Å²) in [6.45, 7) is 3.54. The van der Waals surface area contributed by atoms with Crippen LogP contribution in [-0.2, 0) is 14.9 Å². The van der Waals surface area contributed by atoms with Crippen LogP contribution in [0.3, 0.4) is 0 Å². The van der Waals surface area contributed by atoms with Crippen LogP contribution in [0.5, 0.6) is 11.5 Å². The molecule has 2 saturated carbocycles. The number of methoxy groups -OCH3 is 2. The van der Waals surface area contributed by atoms with Gasteiger partial charge in [0.15, 0.2) is 11.6 Å². The molecule has 2 aliphatic carbocycles. The van der Waals surface area contributed by atoms with Crippen molar-refractivity contribution in [3.8, 4) is 11.5 Å². The zero-order chi connectivity index (χ0) is 26.4. The van der Waals surface area contributed by atoms with E-state index < -0.39 is 5.41 Å². The minimum Gasteiger partial charge on any atom is -0.497 e. The Balaban J connectivity index is 0.948. The Bertz CT molecular complexity index is 1330. The van der Waals surface area contributed by atoms with E-state index in [0.717, 1.165) is 74.9 Å². The lowest BCUT2D eigenvalue weighted by atomic mass is 9.74. The Morgan fingerprint density at radius 3 is 2.79 bits per heavy atom. The van der Waals surface area contributed by atoms with Crippen molar-refractivity contribution in [3.63, 3.8) is 0 Å². The summed E-state index contributed by atoms with van der Waals surface area (Å²) in [7, 11) is 3.33. The second-order valence-corrected chi connectivity index (χ2v) is 12.3. The third-order valence-electron chi connectivity index (χ3n) is 10.1. The van der Waals surface area contributed by atoms with Crippen LogP contribution in [0.1, 0.15) is 31.2 Å². The quantitative estimate of drug-likeness (QED) is 0.438. The van der Waals surface area contributed by atoms with E-state index in [-0.39, 0.29) is 12.1 Å². The van der Waals surface area contributed by atoms with Crippen molar-refractivity contribution in [2.75, 3.05) is 56.1 Å². The second-order valence-electron chi connectivity index (χ2n) is 12.3. The summed E-state index contributed by atoms with van der Waals surface area (Å²) < 4.78 is 16.5. The minimum absolute atomic E-state index is 0.0308. The number of benzene rings is 1. The van der Waals surface area contributed by atoms with E-state index >= 15 is 0 Å². The van der Waals surface area contributed by atoms with Crippen molar-refractivity contribution < 1.29 is 19.0 Å². The lowest BCUT2D eigenvalue weighted by Gasteiger charge is -2.54. The highest BCUT2D eigenvalue weighted by molar-refractivity contribution is 6.09. The highest BCUT2D eigenvalue weighted by atomic mass is 16.5. The molecule has 3 saturated heterocycles. The van der Waals surface area contributed by atoms with Gasteiger partial charge in [-0.2, -0.15) is 4.98 Å². The first-order valence-electron chi connectivity index (χ1n) is 14.0. The highest BCUT2D eigenvalue weighted by Crippen LogP contribution is 2.65. The molecule has 4 aliphatic heterocycles. The molecule has 8 rings (SSSR count). The third-order valence-corrected chi connectivity index (χ3v) is 10.1. The Morgan fingerprint density at radius 1 is 1.15 bits per heavy atom. The maximum atomic E-state index is 13.1. The van der Waals surface area contributed by atoms with Crippen LogP contribution in [0.25, 0.3) is 0 Å². The van der Waals surface area contributed by atoms with Crippen LogP contribution in [0.4, 0.5) is 17.5 Å². The molecule has 1 aromatic carbocycles. The third kappa shape index (κ3) is 3.49. The number of amides is 1. The van der Waals surface area contributed by atoms with Gasteiger partial charge in [-0.25, -0.2) is 10.4 Å². The summed E-state index contributed by atoms with van der Waals surface area (Å²) in [5, 5.41) is 6.74. The number of hydrazine groups is 1. The smallest absolute Gasteiger partial charge is 0.235 e. The van der Waals surface area contributed by atoms with Gasteiger partial charge >= 0.3 is 0 Å². The number of ether oxygens (including phenoxy) is 3. The monoisotopic (exact) mass is 533 g/mol. The van der Waals surface area contributed by atoms with Gasteiger partial charge in [0.1, 0.15) is 5.75 Å². The first-order chi connectivity index (χ1) is 19.0. The van der Waals surface area contributed by atoms with Gasteiger partial charge in [-0.1, -0.05) is 0 Å². The molecule has 11 heteroatoms. The van der Waals surface area contributed by atoms with E-state index in [1.807, 2.05) is 12.1 Å². The normalized spacial score (nSPS) is 35.1. The first-order valence-corrected chi connectivity index (χ1v) is 14.0. The number of hydrogen-bond acceptors (Lipinski definition) is 10. The standard InChI is InChI=1S/C28H35N7O4/c1-37-16-4-6-20-18(8-16)28(25(36)30-20)9-19(28)15-3-5-17-21(7-15)33-34-23(17)31-24-22(38-2)10-29-26(32-24)35-11-27(12-35)13-39-14-27/h4,6,8,10,15,17,19,21,23,33-34H,3,5,7,9,11-14H2,1-2H3,(H,30,36)(H,29,31,32)/t15?,17?,19-,21?,23?,28-/m0/s1. The first kappa shape index (κ1) is 23.7. The fraction of sp³-hybridized carbons (Fsp3) is 0.607. The number of fused-ring (bicyclic) bond motifs is 3. The zero-order valence-electron chi connectivity index (χ0n) is 22.3. The van der Waals surface area contributed by atoms with Gasteiger partial charge in [-0.15, -0.1) is 0 Å². The zero-order valence-corrected chi connectivity index (χ0v) is 22.3. The molecule has 4 unspecified atom stereocenters. The highest BCUT2D eigenvalue weighted by Gasteiger charge is 2.67. The Kier molecular flexibility index (Phi) is 5.12. The summed E-state index contributed by atoms with van der Waals surface area (Å²) in [6.07, 6.45) is 5.92. The number of aromatic nitrogens is 2. The Labute approximate surface area is 227 Å². The van der Waals surface area contributed by atoms with Gasteiger partial charge in [0.25, 0.3) is 0 Å². The fourth-order valence-electron chi connectivity index (χ4n) is 7.91. The Hall–Kier alpha value is -3.15. The van der Waals surface area contributed by atoms with Gasteiger partial charge < -0.3 is 29.7 Å². The van der Waals surface area contributed by atoms with E-state index in [2.05, 4.69) is 37.4 Å². The van der Waals surface area contributed by atoms with Crippen LogP contribution in [-0.4, -0.2) is 68.6 Å². The number of rotatable bonds is 6. The Morgan fingerprint density at radius 2 is 2.03 bits per heavy atom. The van der Waals surface area contributed by atoms with Crippen LogP contribution >= 0.6 is 0 Å². The number of nitrogens with zero attached hydrogens (tertiary/aromatic N) is 3. The molecule has 206 valence electrons. The molecule has 0 radical (unpaired) electrons. The number of hydrogen-bond donors (Lipinski definition) is 4. The number of anilines is 3. The second kappa shape index (κ2) is 8.42. The molecule has 2 spiro atoms. The summed E-state index contributed by atoms with van der Waals surface area (Å²) >= 11 is 0. The van der Waals surface area contributed by atoms with Crippen LogP contribution in [0, 0.1) is 23.2 Å². The molecular weight excluding hydrogens is 498 g/mol. The molecule has 5 heterocycles. The van der Waals surface area contributed by atoms with Crippen LogP contribution in [0.2, 0.25) is 0 Å². The van der Waals surface area contributed by atoms with Gasteiger partial charge in [0.05, 0.1) is 50.6 Å². The molecular formula is C28H35N7O4. The largest absolute Gasteiger partial charge is 0.497 e. The predicted molar refractivity (Wildman–Crippen MR) is 144 cm³/mol. The molecule has 1 amide bonds. The van der Waals surface area contributed by atoms with Crippen molar-refractivity contribution in [2.24, 2.45) is 23.2 Å². The summed E-state index contributed by atoms with van der Waals surface area (Å²) in [5.41, 5.74) is 8.99. The predicted octanol–water partition coefficient (Wildman–Crippen LogP) is 1.87. The average molecular weight is 534 g/mol. The van der Waals surface area contributed by atoms with Gasteiger partial charge in [0.2, 0.25) is 11.9 Å². The molecule has 1 aromatic heterocycles. The van der Waals surface area contributed by atoms with Crippen LogP contribution in [0.15, 0.2) is 24.4 Å². The molecule has 6 aliphatic rings. The van der Waals surface area contributed by atoms with E-state index in [1.54, 1.807) is 20.4 Å². The maximum absolute atomic E-state index is 13.1. The topological polar surface area (TPSA) is 122 Å². The molecule has 5 fully saturated rings. The molecule has 0 bridgehead atoms. The number of carbonyl (C=O) groups excluding carboxylic acids is 1. The van der Waals surface area contributed by atoms with E-state index in [9.17, 15) is 4.79 Å². The van der Waals surface area contributed by atoms with Crippen molar-refractivity contribution in [1.29, 1.82) is 0 Å². The van der Waals surface area contributed by atoms with E-state index in [0.29, 0.717) is 40.8 Å².